The van der Waals surface area contributed by atoms with Crippen LogP contribution in [-0.4, -0.2) is 68.7 Å². The molecule has 0 unspecified atom stereocenters. The number of ether oxygens (including phenoxy) is 3. The smallest absolute Gasteiger partial charge is 0.497 e. The van der Waals surface area contributed by atoms with Crippen LogP contribution in [0.3, 0.4) is 0 Å². The van der Waals surface area contributed by atoms with Gasteiger partial charge in [0.25, 0.3) is 5.91 Å². The van der Waals surface area contributed by atoms with Gasteiger partial charge in [-0.3, -0.25) is 14.6 Å². The van der Waals surface area contributed by atoms with E-state index in [1.165, 1.54) is 18.2 Å². The third-order valence-corrected chi connectivity index (χ3v) is 6.18. The largest absolute Gasteiger partial charge is 0.573 e. The van der Waals surface area contributed by atoms with E-state index >= 15 is 0 Å². The van der Waals surface area contributed by atoms with Gasteiger partial charge in [-0.15, -0.1) is 13.2 Å². The highest BCUT2D eigenvalue weighted by Gasteiger charge is 2.31. The summed E-state index contributed by atoms with van der Waals surface area (Å²) in [7, 11) is 1.54. The van der Waals surface area contributed by atoms with Crippen molar-refractivity contribution in [2.24, 2.45) is 0 Å². The number of nitrogens with zero attached hydrogens (tertiary/aromatic N) is 3. The zero-order chi connectivity index (χ0) is 23.4. The van der Waals surface area contributed by atoms with Crippen LogP contribution in [-0.2, 0) is 4.74 Å². The van der Waals surface area contributed by atoms with E-state index in [-0.39, 0.29) is 11.7 Å². The van der Waals surface area contributed by atoms with Crippen LogP contribution in [0.5, 0.6) is 11.5 Å². The van der Waals surface area contributed by atoms with Crippen LogP contribution in [0.4, 0.5) is 18.3 Å². The van der Waals surface area contributed by atoms with E-state index in [0.717, 1.165) is 24.4 Å². The van der Waals surface area contributed by atoms with Crippen LogP contribution in [0.25, 0.3) is 10.2 Å². The number of carbonyl (C=O) groups is 1. The van der Waals surface area contributed by atoms with Crippen LogP contribution in [0.1, 0.15) is 10.4 Å². The van der Waals surface area contributed by atoms with Crippen molar-refractivity contribution in [3.05, 3.63) is 48.0 Å². The Bertz CT molecular complexity index is 1100. The van der Waals surface area contributed by atoms with E-state index in [1.54, 1.807) is 36.3 Å². The fourth-order valence-electron chi connectivity index (χ4n) is 3.45. The van der Waals surface area contributed by atoms with Gasteiger partial charge in [-0.25, -0.2) is 4.98 Å². The number of fused-ring (bicyclic) bond motifs is 1. The number of hydrogen-bond donors (Lipinski definition) is 0. The number of anilines is 1. The number of carbonyl (C=O) groups excluding carboxylic acids is 1. The van der Waals surface area contributed by atoms with E-state index in [4.69, 9.17) is 9.47 Å². The molecular formula is C22H22F3N3O4S. The monoisotopic (exact) mass is 481 g/mol. The number of methoxy groups -OCH3 is 1. The summed E-state index contributed by atoms with van der Waals surface area (Å²) in [5.41, 5.74) is 0.946. The predicted octanol–water partition coefficient (Wildman–Crippen LogP) is 4.18. The summed E-state index contributed by atoms with van der Waals surface area (Å²) >= 11 is 1.14. The highest BCUT2D eigenvalue weighted by atomic mass is 32.1. The first kappa shape index (κ1) is 23.3. The first-order chi connectivity index (χ1) is 15.8. The van der Waals surface area contributed by atoms with Gasteiger partial charge in [-0.1, -0.05) is 11.3 Å². The van der Waals surface area contributed by atoms with Gasteiger partial charge in [0, 0.05) is 37.8 Å². The summed E-state index contributed by atoms with van der Waals surface area (Å²) in [5.74, 6) is 0.0480. The molecule has 1 fully saturated rings. The fraction of sp³-hybridized carbons (Fsp3) is 0.364. The lowest BCUT2D eigenvalue weighted by Gasteiger charge is -2.29. The molecule has 0 aliphatic carbocycles. The summed E-state index contributed by atoms with van der Waals surface area (Å²) in [5, 5.41) is 0.406. The maximum atomic E-state index is 13.4. The minimum atomic E-state index is -4.78. The highest BCUT2D eigenvalue weighted by Crippen LogP contribution is 2.34. The average Bonchev–Trinajstić information content (AvgIpc) is 3.21. The summed E-state index contributed by atoms with van der Waals surface area (Å²) in [4.78, 5) is 21.7. The summed E-state index contributed by atoms with van der Waals surface area (Å²) in [6, 6.07) is 10.7. The lowest BCUT2D eigenvalue weighted by atomic mass is 10.2. The number of morpholine rings is 1. The van der Waals surface area contributed by atoms with Crippen molar-refractivity contribution < 1.29 is 32.2 Å². The van der Waals surface area contributed by atoms with Gasteiger partial charge in [-0.05, 0) is 36.4 Å². The molecule has 0 spiro atoms. The Hall–Kier alpha value is -2.89. The first-order valence-electron chi connectivity index (χ1n) is 10.2. The van der Waals surface area contributed by atoms with Crippen molar-refractivity contribution in [2.45, 2.75) is 6.36 Å². The predicted molar refractivity (Wildman–Crippen MR) is 118 cm³/mol. The quantitative estimate of drug-likeness (QED) is 0.505. The van der Waals surface area contributed by atoms with Crippen molar-refractivity contribution in [2.75, 3.05) is 51.4 Å². The minimum Gasteiger partial charge on any atom is -0.497 e. The van der Waals surface area contributed by atoms with Crippen LogP contribution < -0.4 is 14.4 Å². The second-order valence-electron chi connectivity index (χ2n) is 7.31. The van der Waals surface area contributed by atoms with E-state index in [9.17, 15) is 18.0 Å². The Balaban J connectivity index is 1.62. The normalized spacial score (nSPS) is 14.9. The van der Waals surface area contributed by atoms with Crippen molar-refractivity contribution in [1.29, 1.82) is 0 Å². The topological polar surface area (TPSA) is 64.1 Å². The number of amides is 1. The van der Waals surface area contributed by atoms with Gasteiger partial charge in [0.2, 0.25) is 0 Å². The molecular weight excluding hydrogens is 459 g/mol. The molecule has 176 valence electrons. The number of rotatable bonds is 7. The number of aromatic nitrogens is 1. The number of hydrogen-bond acceptors (Lipinski definition) is 7. The molecule has 3 aromatic rings. The molecule has 0 radical (unpaired) electrons. The Morgan fingerprint density at radius 1 is 1.15 bits per heavy atom. The Morgan fingerprint density at radius 3 is 2.52 bits per heavy atom. The van der Waals surface area contributed by atoms with Crippen molar-refractivity contribution in [3.63, 3.8) is 0 Å². The van der Waals surface area contributed by atoms with Crippen LogP contribution in [0.2, 0.25) is 0 Å². The van der Waals surface area contributed by atoms with Crippen LogP contribution in [0, 0.1) is 0 Å². The average molecular weight is 481 g/mol. The van der Waals surface area contributed by atoms with E-state index in [1.807, 2.05) is 0 Å². The Morgan fingerprint density at radius 2 is 1.85 bits per heavy atom. The minimum absolute atomic E-state index is 0.253. The highest BCUT2D eigenvalue weighted by molar-refractivity contribution is 7.22. The molecule has 1 aliphatic rings. The number of benzene rings is 2. The zero-order valence-electron chi connectivity index (χ0n) is 17.8. The lowest BCUT2D eigenvalue weighted by molar-refractivity contribution is -0.274. The molecule has 4 rings (SSSR count). The van der Waals surface area contributed by atoms with E-state index in [0.29, 0.717) is 53.0 Å². The molecule has 1 aliphatic heterocycles. The molecule has 1 saturated heterocycles. The molecule has 0 N–H and O–H groups in total. The molecule has 2 aromatic carbocycles. The Kier molecular flexibility index (Phi) is 7.01. The van der Waals surface area contributed by atoms with Gasteiger partial charge in [0.15, 0.2) is 5.13 Å². The third-order valence-electron chi connectivity index (χ3n) is 5.14. The molecule has 11 heteroatoms. The van der Waals surface area contributed by atoms with E-state index < -0.39 is 6.36 Å². The Labute approximate surface area is 192 Å². The molecule has 2 heterocycles. The summed E-state index contributed by atoms with van der Waals surface area (Å²) < 4.78 is 52.8. The molecule has 7 nitrogen and oxygen atoms in total. The van der Waals surface area contributed by atoms with Crippen molar-refractivity contribution in [1.82, 2.24) is 9.88 Å². The van der Waals surface area contributed by atoms with Crippen LogP contribution in [0.15, 0.2) is 42.5 Å². The van der Waals surface area contributed by atoms with Crippen molar-refractivity contribution >= 4 is 32.6 Å². The molecule has 33 heavy (non-hydrogen) atoms. The number of halogens is 3. The summed E-state index contributed by atoms with van der Waals surface area (Å²) in [6.45, 7) is 3.79. The van der Waals surface area contributed by atoms with Gasteiger partial charge in [-0.2, -0.15) is 0 Å². The van der Waals surface area contributed by atoms with Gasteiger partial charge < -0.3 is 14.2 Å². The van der Waals surface area contributed by atoms with Crippen LogP contribution >= 0.6 is 11.3 Å². The second-order valence-corrected chi connectivity index (χ2v) is 8.32. The number of alkyl halides is 3. The van der Waals surface area contributed by atoms with Gasteiger partial charge in [0.05, 0.1) is 30.5 Å². The molecule has 0 saturated carbocycles. The molecule has 0 bridgehead atoms. The third kappa shape index (κ3) is 5.92. The van der Waals surface area contributed by atoms with Gasteiger partial charge in [0.1, 0.15) is 11.5 Å². The fourth-order valence-corrected chi connectivity index (χ4v) is 4.46. The lowest BCUT2D eigenvalue weighted by Crippen LogP contribution is -2.43. The first-order valence-corrected chi connectivity index (χ1v) is 11.1. The molecule has 0 atom stereocenters. The van der Waals surface area contributed by atoms with Crippen molar-refractivity contribution in [3.8, 4) is 11.5 Å². The second kappa shape index (κ2) is 9.94. The van der Waals surface area contributed by atoms with Gasteiger partial charge >= 0.3 is 6.36 Å². The zero-order valence-corrected chi connectivity index (χ0v) is 18.6. The molecule has 1 amide bonds. The SMILES string of the molecule is COc1ccc(C(=O)N(CCN2CCOCC2)c2nc3ccc(OC(F)(F)F)cc3s2)cc1. The summed E-state index contributed by atoms with van der Waals surface area (Å²) in [6.07, 6.45) is -4.78. The van der Waals surface area contributed by atoms with E-state index in [2.05, 4.69) is 14.6 Å². The maximum Gasteiger partial charge on any atom is 0.573 e. The number of thiazole rings is 1. The molecule has 1 aromatic heterocycles. The standard InChI is InChI=1S/C22H22F3N3O4S/c1-30-16-4-2-15(3-5-16)20(29)28(9-8-27-10-12-31-13-11-27)21-26-18-7-6-17(14-19(18)33-21)32-22(23,24)25/h2-7,14H,8-13H2,1H3. The maximum absolute atomic E-state index is 13.4.